The lowest BCUT2D eigenvalue weighted by Crippen LogP contribution is -2.42. The van der Waals surface area contributed by atoms with Crippen molar-refractivity contribution < 1.29 is 14.7 Å². The highest BCUT2D eigenvalue weighted by atomic mass is 16.4. The van der Waals surface area contributed by atoms with Gasteiger partial charge in [-0.15, -0.1) is 0 Å². The fourth-order valence-corrected chi connectivity index (χ4v) is 2.66. The summed E-state index contributed by atoms with van der Waals surface area (Å²) < 4.78 is 0. The maximum Gasteiger partial charge on any atom is 0.308 e. The lowest BCUT2D eigenvalue weighted by Gasteiger charge is -2.31. The number of amides is 1. The Morgan fingerprint density at radius 2 is 1.81 bits per heavy atom. The van der Waals surface area contributed by atoms with Crippen LogP contribution in [0.3, 0.4) is 0 Å². The molecule has 0 aliphatic carbocycles. The van der Waals surface area contributed by atoms with Crippen LogP contribution in [0.2, 0.25) is 0 Å². The number of rotatable bonds is 2. The Morgan fingerprint density at radius 3 is 2.33 bits per heavy atom. The van der Waals surface area contributed by atoms with Crippen molar-refractivity contribution in [2.24, 2.45) is 5.92 Å². The maximum absolute atomic E-state index is 12.5. The first-order valence-electron chi connectivity index (χ1n) is 7.41. The molecule has 0 unspecified atom stereocenters. The van der Waals surface area contributed by atoms with Gasteiger partial charge in [-0.1, -0.05) is 32.9 Å². The first kappa shape index (κ1) is 15.5. The molecule has 1 aliphatic heterocycles. The second-order valence-electron chi connectivity index (χ2n) is 6.76. The summed E-state index contributed by atoms with van der Waals surface area (Å²) in [5, 5.41) is 9.10. The van der Waals surface area contributed by atoms with Gasteiger partial charge in [0.25, 0.3) is 5.91 Å². The van der Waals surface area contributed by atoms with Crippen LogP contribution in [0.1, 0.15) is 49.5 Å². The summed E-state index contributed by atoms with van der Waals surface area (Å²) in [5.41, 5.74) is 1.87. The van der Waals surface area contributed by atoms with Crippen molar-refractivity contribution in [3.05, 3.63) is 35.4 Å². The number of likely N-dealkylation sites (tertiary alicyclic amines) is 1. The number of hydrogen-bond donors (Lipinski definition) is 1. The SMILES string of the molecule is CC(C)(C)c1ccc(C(=O)N2CCC[C@H](C(=O)O)C2)cc1. The van der Waals surface area contributed by atoms with E-state index in [0.717, 1.165) is 6.42 Å². The minimum Gasteiger partial charge on any atom is -0.481 e. The third kappa shape index (κ3) is 3.63. The molecule has 2 rings (SSSR count). The Labute approximate surface area is 125 Å². The first-order chi connectivity index (χ1) is 9.79. The molecule has 1 atom stereocenters. The Morgan fingerprint density at radius 1 is 1.19 bits per heavy atom. The number of hydrogen-bond acceptors (Lipinski definition) is 2. The van der Waals surface area contributed by atoms with Gasteiger partial charge in [-0.3, -0.25) is 9.59 Å². The summed E-state index contributed by atoms with van der Waals surface area (Å²) >= 11 is 0. The molecule has 1 fully saturated rings. The van der Waals surface area contributed by atoms with Crippen LogP contribution in [0.4, 0.5) is 0 Å². The molecule has 1 N–H and O–H groups in total. The van der Waals surface area contributed by atoms with Gasteiger partial charge in [0.2, 0.25) is 0 Å². The molecule has 0 saturated carbocycles. The van der Waals surface area contributed by atoms with E-state index >= 15 is 0 Å². The Balaban J connectivity index is 2.11. The highest BCUT2D eigenvalue weighted by Gasteiger charge is 2.28. The second kappa shape index (κ2) is 5.88. The van der Waals surface area contributed by atoms with E-state index in [0.29, 0.717) is 25.1 Å². The first-order valence-corrected chi connectivity index (χ1v) is 7.41. The molecule has 0 aromatic heterocycles. The number of aliphatic carboxylic acids is 1. The van der Waals surface area contributed by atoms with E-state index in [4.69, 9.17) is 5.11 Å². The summed E-state index contributed by atoms with van der Waals surface area (Å²) in [6.45, 7) is 7.35. The number of carboxylic acid groups (broad SMARTS) is 1. The Kier molecular flexibility index (Phi) is 4.35. The summed E-state index contributed by atoms with van der Waals surface area (Å²) in [7, 11) is 0. The fraction of sp³-hybridized carbons (Fsp3) is 0.529. The van der Waals surface area contributed by atoms with Crippen LogP contribution in [0.15, 0.2) is 24.3 Å². The Hall–Kier alpha value is -1.84. The number of carbonyl (C=O) groups excluding carboxylic acids is 1. The van der Waals surface area contributed by atoms with E-state index in [-0.39, 0.29) is 11.3 Å². The monoisotopic (exact) mass is 289 g/mol. The van der Waals surface area contributed by atoms with Gasteiger partial charge in [-0.25, -0.2) is 0 Å². The molecule has 1 aromatic carbocycles. The standard InChI is InChI=1S/C17H23NO3/c1-17(2,3)14-8-6-12(7-9-14)15(19)18-10-4-5-13(11-18)16(20)21/h6-9,13H,4-5,10-11H2,1-3H3,(H,20,21)/t13-/m0/s1. The van der Waals surface area contributed by atoms with Crippen LogP contribution >= 0.6 is 0 Å². The second-order valence-corrected chi connectivity index (χ2v) is 6.76. The normalized spacial score (nSPS) is 19.4. The zero-order valence-corrected chi connectivity index (χ0v) is 12.9. The summed E-state index contributed by atoms with van der Waals surface area (Å²) in [4.78, 5) is 25.2. The average Bonchev–Trinajstić information content (AvgIpc) is 2.46. The highest BCUT2D eigenvalue weighted by Crippen LogP contribution is 2.23. The molecule has 114 valence electrons. The van der Waals surface area contributed by atoms with Crippen LogP contribution in [-0.2, 0) is 10.2 Å². The molecule has 0 radical (unpaired) electrons. The number of piperidine rings is 1. The number of nitrogens with zero attached hydrogens (tertiary/aromatic N) is 1. The zero-order chi connectivity index (χ0) is 15.6. The smallest absolute Gasteiger partial charge is 0.308 e. The summed E-state index contributed by atoms with van der Waals surface area (Å²) in [6, 6.07) is 7.64. The van der Waals surface area contributed by atoms with E-state index in [1.807, 2.05) is 24.3 Å². The molecule has 1 amide bonds. The van der Waals surface area contributed by atoms with Crippen molar-refractivity contribution in [1.29, 1.82) is 0 Å². The van der Waals surface area contributed by atoms with E-state index < -0.39 is 11.9 Å². The molecule has 1 aromatic rings. The largest absolute Gasteiger partial charge is 0.481 e. The van der Waals surface area contributed by atoms with Crippen molar-refractivity contribution >= 4 is 11.9 Å². The summed E-state index contributed by atoms with van der Waals surface area (Å²) in [6.07, 6.45) is 1.41. The van der Waals surface area contributed by atoms with Gasteiger partial charge in [0, 0.05) is 18.7 Å². The van der Waals surface area contributed by atoms with Gasteiger partial charge in [-0.05, 0) is 36.0 Å². The van der Waals surface area contributed by atoms with Crippen LogP contribution in [-0.4, -0.2) is 35.0 Å². The zero-order valence-electron chi connectivity index (χ0n) is 12.9. The number of carbonyl (C=O) groups is 2. The van der Waals surface area contributed by atoms with Crippen molar-refractivity contribution in [3.8, 4) is 0 Å². The topological polar surface area (TPSA) is 57.6 Å². The van der Waals surface area contributed by atoms with Crippen molar-refractivity contribution in [2.75, 3.05) is 13.1 Å². The van der Waals surface area contributed by atoms with Gasteiger partial charge < -0.3 is 10.0 Å². The predicted octanol–water partition coefficient (Wildman–Crippen LogP) is 2.92. The molecule has 1 heterocycles. The molecule has 0 bridgehead atoms. The molecule has 4 heteroatoms. The molecule has 0 spiro atoms. The molecule has 1 saturated heterocycles. The van der Waals surface area contributed by atoms with Gasteiger partial charge >= 0.3 is 5.97 Å². The van der Waals surface area contributed by atoms with E-state index in [2.05, 4.69) is 20.8 Å². The predicted molar refractivity (Wildman–Crippen MR) is 81.4 cm³/mol. The lowest BCUT2D eigenvalue weighted by atomic mass is 9.86. The highest BCUT2D eigenvalue weighted by molar-refractivity contribution is 5.94. The molecular formula is C17H23NO3. The molecular weight excluding hydrogens is 266 g/mol. The molecule has 1 aliphatic rings. The van der Waals surface area contributed by atoms with Crippen molar-refractivity contribution in [1.82, 2.24) is 4.90 Å². The van der Waals surface area contributed by atoms with Crippen LogP contribution < -0.4 is 0 Å². The van der Waals surface area contributed by atoms with Crippen molar-refractivity contribution in [3.63, 3.8) is 0 Å². The minimum absolute atomic E-state index is 0.0567. The maximum atomic E-state index is 12.5. The van der Waals surface area contributed by atoms with Crippen LogP contribution in [0, 0.1) is 5.92 Å². The minimum atomic E-state index is -0.810. The van der Waals surface area contributed by atoms with Crippen LogP contribution in [0.25, 0.3) is 0 Å². The third-order valence-corrected chi connectivity index (χ3v) is 4.06. The summed E-state index contributed by atoms with van der Waals surface area (Å²) in [5.74, 6) is -1.31. The number of carboxylic acids is 1. The Bertz CT molecular complexity index is 528. The average molecular weight is 289 g/mol. The van der Waals surface area contributed by atoms with Gasteiger partial charge in [0.05, 0.1) is 5.92 Å². The quantitative estimate of drug-likeness (QED) is 0.910. The molecule has 21 heavy (non-hydrogen) atoms. The van der Waals surface area contributed by atoms with E-state index in [1.54, 1.807) is 4.90 Å². The molecule has 4 nitrogen and oxygen atoms in total. The van der Waals surface area contributed by atoms with E-state index in [9.17, 15) is 9.59 Å². The van der Waals surface area contributed by atoms with E-state index in [1.165, 1.54) is 5.56 Å². The van der Waals surface area contributed by atoms with Crippen molar-refractivity contribution in [2.45, 2.75) is 39.0 Å². The third-order valence-electron chi connectivity index (χ3n) is 4.06. The number of benzene rings is 1. The van der Waals surface area contributed by atoms with Gasteiger partial charge in [0.1, 0.15) is 0 Å². The fourth-order valence-electron chi connectivity index (χ4n) is 2.66. The van der Waals surface area contributed by atoms with Crippen LogP contribution in [0.5, 0.6) is 0 Å². The van der Waals surface area contributed by atoms with Gasteiger partial charge in [0.15, 0.2) is 0 Å². The lowest BCUT2D eigenvalue weighted by molar-refractivity contribution is -0.143. The van der Waals surface area contributed by atoms with Gasteiger partial charge in [-0.2, -0.15) is 0 Å².